The van der Waals surface area contributed by atoms with Crippen LogP contribution in [0.4, 0.5) is 5.69 Å². The lowest BCUT2D eigenvalue weighted by Crippen LogP contribution is -2.27. The first kappa shape index (κ1) is 12.0. The molecule has 0 aliphatic heterocycles. The molecule has 1 unspecified atom stereocenters. The monoisotopic (exact) mass is 207 g/mol. The zero-order valence-corrected chi connectivity index (χ0v) is 9.66. The van der Waals surface area contributed by atoms with Gasteiger partial charge in [0.25, 0.3) is 0 Å². The second kappa shape index (κ2) is 6.40. The van der Waals surface area contributed by atoms with Crippen molar-refractivity contribution in [1.29, 1.82) is 0 Å². The van der Waals surface area contributed by atoms with Gasteiger partial charge in [-0.3, -0.25) is 4.98 Å². The first-order chi connectivity index (χ1) is 7.27. The van der Waals surface area contributed by atoms with Crippen molar-refractivity contribution >= 4 is 5.69 Å². The zero-order chi connectivity index (χ0) is 11.1. The van der Waals surface area contributed by atoms with Gasteiger partial charge in [-0.25, -0.2) is 0 Å². The third kappa shape index (κ3) is 3.88. The van der Waals surface area contributed by atoms with Crippen molar-refractivity contribution in [3.8, 4) is 0 Å². The summed E-state index contributed by atoms with van der Waals surface area (Å²) in [6, 6.07) is 2.37. The van der Waals surface area contributed by atoms with E-state index in [0.29, 0.717) is 6.04 Å². The van der Waals surface area contributed by atoms with Crippen molar-refractivity contribution in [2.45, 2.75) is 38.6 Å². The maximum Gasteiger partial charge on any atom is 0.0378 e. The van der Waals surface area contributed by atoms with Crippen LogP contribution in [-0.4, -0.2) is 18.1 Å². The Morgan fingerprint density at radius 1 is 1.53 bits per heavy atom. The molecule has 0 aliphatic carbocycles. The van der Waals surface area contributed by atoms with Gasteiger partial charge in [0.15, 0.2) is 0 Å². The van der Waals surface area contributed by atoms with Crippen LogP contribution in [0.2, 0.25) is 0 Å². The Kier molecular flexibility index (Phi) is 5.12. The summed E-state index contributed by atoms with van der Waals surface area (Å²) in [4.78, 5) is 4.11. The fraction of sp³-hybridized carbons (Fsp3) is 0.583. The predicted octanol–water partition coefficient (Wildman–Crippen LogP) is 1.98. The smallest absolute Gasteiger partial charge is 0.0378 e. The van der Waals surface area contributed by atoms with E-state index in [1.165, 1.54) is 19.3 Å². The molecule has 1 heterocycles. The molecule has 3 N–H and O–H groups in total. The second-order valence-corrected chi connectivity index (χ2v) is 3.91. The number of hydrogen-bond donors (Lipinski definition) is 2. The fourth-order valence-corrected chi connectivity index (χ4v) is 1.67. The minimum absolute atomic E-state index is 0.511. The molecule has 1 atom stereocenters. The maximum atomic E-state index is 5.88. The highest BCUT2D eigenvalue weighted by Gasteiger charge is 2.08. The Morgan fingerprint density at radius 3 is 2.93 bits per heavy atom. The van der Waals surface area contributed by atoms with Gasteiger partial charge in [0.1, 0.15) is 0 Å². The van der Waals surface area contributed by atoms with Gasteiger partial charge >= 0.3 is 0 Å². The molecule has 1 aromatic rings. The SMILES string of the molecule is CCCCC(Cc1cnccc1N)NC. The van der Waals surface area contributed by atoms with Crippen LogP contribution in [0.15, 0.2) is 18.5 Å². The quantitative estimate of drug-likeness (QED) is 0.750. The molecule has 0 saturated heterocycles. The first-order valence-corrected chi connectivity index (χ1v) is 5.63. The van der Waals surface area contributed by atoms with E-state index in [1.54, 1.807) is 6.20 Å². The summed E-state index contributed by atoms with van der Waals surface area (Å²) in [5.74, 6) is 0. The summed E-state index contributed by atoms with van der Waals surface area (Å²) in [6.45, 7) is 2.21. The molecule has 0 amide bonds. The topological polar surface area (TPSA) is 50.9 Å². The average Bonchev–Trinajstić information content (AvgIpc) is 2.26. The van der Waals surface area contributed by atoms with Crippen LogP contribution in [0.5, 0.6) is 0 Å². The normalized spacial score (nSPS) is 12.7. The molecule has 3 nitrogen and oxygen atoms in total. The Hall–Kier alpha value is -1.09. The lowest BCUT2D eigenvalue weighted by molar-refractivity contribution is 0.498. The number of hydrogen-bond acceptors (Lipinski definition) is 3. The largest absolute Gasteiger partial charge is 0.398 e. The number of likely N-dealkylation sites (N-methyl/N-ethyl adjacent to an activating group) is 1. The second-order valence-electron chi connectivity index (χ2n) is 3.91. The third-order valence-electron chi connectivity index (χ3n) is 2.72. The van der Waals surface area contributed by atoms with E-state index in [1.807, 2.05) is 19.3 Å². The number of pyridine rings is 1. The molecule has 0 aromatic carbocycles. The Labute approximate surface area is 92.1 Å². The van der Waals surface area contributed by atoms with Crippen LogP contribution < -0.4 is 11.1 Å². The summed E-state index contributed by atoms with van der Waals surface area (Å²) in [5, 5.41) is 3.33. The molecule has 0 bridgehead atoms. The number of rotatable bonds is 6. The van der Waals surface area contributed by atoms with Gasteiger partial charge in [-0.15, -0.1) is 0 Å². The van der Waals surface area contributed by atoms with E-state index in [4.69, 9.17) is 5.73 Å². The predicted molar refractivity (Wildman–Crippen MR) is 64.7 cm³/mol. The molecule has 0 fully saturated rings. The molecule has 0 spiro atoms. The van der Waals surface area contributed by atoms with E-state index < -0.39 is 0 Å². The third-order valence-corrected chi connectivity index (χ3v) is 2.72. The summed E-state index contributed by atoms with van der Waals surface area (Å²) in [6.07, 6.45) is 8.26. The summed E-state index contributed by atoms with van der Waals surface area (Å²) < 4.78 is 0. The molecule has 1 rings (SSSR count). The van der Waals surface area contributed by atoms with Crippen molar-refractivity contribution in [2.75, 3.05) is 12.8 Å². The number of nitrogens with zero attached hydrogens (tertiary/aromatic N) is 1. The van der Waals surface area contributed by atoms with E-state index in [0.717, 1.165) is 17.7 Å². The molecule has 1 aromatic heterocycles. The van der Waals surface area contributed by atoms with Crippen LogP contribution >= 0.6 is 0 Å². The molecular weight excluding hydrogens is 186 g/mol. The molecule has 0 aliphatic rings. The van der Waals surface area contributed by atoms with Crippen LogP contribution in [0.3, 0.4) is 0 Å². The van der Waals surface area contributed by atoms with Crippen molar-refractivity contribution in [1.82, 2.24) is 10.3 Å². The molecule has 84 valence electrons. The van der Waals surface area contributed by atoms with Gasteiger partial charge in [-0.2, -0.15) is 0 Å². The highest BCUT2D eigenvalue weighted by Crippen LogP contribution is 2.13. The number of anilines is 1. The molecule has 0 saturated carbocycles. The number of aromatic nitrogens is 1. The Morgan fingerprint density at radius 2 is 2.33 bits per heavy atom. The Balaban J connectivity index is 2.54. The molecule has 0 radical (unpaired) electrons. The van der Waals surface area contributed by atoms with Crippen LogP contribution in [0, 0.1) is 0 Å². The fourth-order valence-electron chi connectivity index (χ4n) is 1.67. The van der Waals surface area contributed by atoms with E-state index in [2.05, 4.69) is 17.2 Å². The molecule has 3 heteroatoms. The van der Waals surface area contributed by atoms with Crippen molar-refractivity contribution < 1.29 is 0 Å². The van der Waals surface area contributed by atoms with Gasteiger partial charge in [0.05, 0.1) is 0 Å². The summed E-state index contributed by atoms with van der Waals surface area (Å²) >= 11 is 0. The van der Waals surface area contributed by atoms with Crippen molar-refractivity contribution in [3.05, 3.63) is 24.0 Å². The van der Waals surface area contributed by atoms with Gasteiger partial charge in [-0.1, -0.05) is 19.8 Å². The number of nitrogen functional groups attached to an aromatic ring is 1. The van der Waals surface area contributed by atoms with E-state index in [-0.39, 0.29) is 0 Å². The lowest BCUT2D eigenvalue weighted by atomic mass is 10.0. The lowest BCUT2D eigenvalue weighted by Gasteiger charge is -2.16. The highest BCUT2D eigenvalue weighted by atomic mass is 14.9. The minimum atomic E-state index is 0.511. The highest BCUT2D eigenvalue weighted by molar-refractivity contribution is 5.44. The number of unbranched alkanes of at least 4 members (excludes halogenated alkanes) is 1. The van der Waals surface area contributed by atoms with E-state index in [9.17, 15) is 0 Å². The maximum absolute atomic E-state index is 5.88. The van der Waals surface area contributed by atoms with Crippen LogP contribution in [0.25, 0.3) is 0 Å². The van der Waals surface area contributed by atoms with Gasteiger partial charge in [0, 0.05) is 24.1 Å². The number of nitrogens with one attached hydrogen (secondary N) is 1. The van der Waals surface area contributed by atoms with Crippen molar-refractivity contribution in [3.63, 3.8) is 0 Å². The zero-order valence-electron chi connectivity index (χ0n) is 9.66. The molecule has 15 heavy (non-hydrogen) atoms. The van der Waals surface area contributed by atoms with Gasteiger partial charge < -0.3 is 11.1 Å². The first-order valence-electron chi connectivity index (χ1n) is 5.63. The van der Waals surface area contributed by atoms with Gasteiger partial charge in [0.2, 0.25) is 0 Å². The summed E-state index contributed by atoms with van der Waals surface area (Å²) in [5.41, 5.74) is 7.88. The van der Waals surface area contributed by atoms with E-state index >= 15 is 0 Å². The summed E-state index contributed by atoms with van der Waals surface area (Å²) in [7, 11) is 2.01. The van der Waals surface area contributed by atoms with Crippen LogP contribution in [-0.2, 0) is 6.42 Å². The van der Waals surface area contributed by atoms with Crippen molar-refractivity contribution in [2.24, 2.45) is 0 Å². The van der Waals surface area contributed by atoms with Gasteiger partial charge in [-0.05, 0) is 31.5 Å². The number of nitrogens with two attached hydrogens (primary N) is 1. The molecular formula is C12H21N3. The Bertz CT molecular complexity index is 286. The standard InChI is InChI=1S/C12H21N3/c1-3-4-5-11(14-2)8-10-9-15-7-6-12(10)13/h6-7,9,11,14H,3-5,8H2,1-2H3,(H2,13,15). The van der Waals surface area contributed by atoms with Crippen LogP contribution in [0.1, 0.15) is 31.7 Å². The average molecular weight is 207 g/mol. The minimum Gasteiger partial charge on any atom is -0.398 e.